The molecule has 1 amide bonds. The number of carboxylic acids is 1. The van der Waals surface area contributed by atoms with Crippen LogP contribution in [0.25, 0.3) is 5.57 Å². The van der Waals surface area contributed by atoms with Crippen molar-refractivity contribution in [2.75, 3.05) is 13.1 Å². The topological polar surface area (TPSA) is 57.6 Å². The van der Waals surface area contributed by atoms with Gasteiger partial charge in [0.15, 0.2) is 0 Å². The molecule has 1 aromatic rings. The maximum absolute atomic E-state index is 13.7. The number of carboxylic acid groups (broad SMARTS) is 1. The van der Waals surface area contributed by atoms with Gasteiger partial charge >= 0.3 is 5.97 Å². The molecule has 1 heterocycles. The van der Waals surface area contributed by atoms with Crippen molar-refractivity contribution in [1.82, 2.24) is 4.90 Å². The Morgan fingerprint density at radius 1 is 1.38 bits per heavy atom. The lowest BCUT2D eigenvalue weighted by atomic mass is 9.90. The summed E-state index contributed by atoms with van der Waals surface area (Å²) in [4.78, 5) is 24.9. The summed E-state index contributed by atoms with van der Waals surface area (Å²) in [6.07, 6.45) is 1.80. The molecule has 0 bridgehead atoms. The van der Waals surface area contributed by atoms with Gasteiger partial charge in [-0.1, -0.05) is 18.2 Å². The lowest BCUT2D eigenvalue weighted by molar-refractivity contribution is -0.147. The molecule has 0 aliphatic carbocycles. The van der Waals surface area contributed by atoms with Crippen LogP contribution in [0.1, 0.15) is 25.8 Å². The standard InChI is InChI=1S/C16H18FNO3/c1-11(12-5-3-4-6-13(12)17)9-14(19)18-8-7-16(2,10-18)15(20)21/h3-6,9H,7-8,10H2,1-2H3,(H,20,21)/b11-9-. The first-order valence-electron chi connectivity index (χ1n) is 6.79. The molecular weight excluding hydrogens is 273 g/mol. The molecule has 0 saturated carbocycles. The molecule has 2 rings (SSSR count). The maximum Gasteiger partial charge on any atom is 0.311 e. The van der Waals surface area contributed by atoms with Crippen LogP contribution in [0.4, 0.5) is 4.39 Å². The highest BCUT2D eigenvalue weighted by molar-refractivity contribution is 5.95. The van der Waals surface area contributed by atoms with Crippen LogP contribution in [-0.2, 0) is 9.59 Å². The summed E-state index contributed by atoms with van der Waals surface area (Å²) >= 11 is 0. The van der Waals surface area contributed by atoms with Crippen LogP contribution in [0, 0.1) is 11.2 Å². The third-order valence-electron chi connectivity index (χ3n) is 3.94. The zero-order valence-electron chi connectivity index (χ0n) is 12.1. The Kier molecular flexibility index (Phi) is 4.11. The molecule has 1 aliphatic heterocycles. The second-order valence-electron chi connectivity index (χ2n) is 5.68. The van der Waals surface area contributed by atoms with Crippen LogP contribution in [-0.4, -0.2) is 35.0 Å². The Morgan fingerprint density at radius 3 is 2.62 bits per heavy atom. The molecule has 1 fully saturated rings. The van der Waals surface area contributed by atoms with Crippen LogP contribution < -0.4 is 0 Å². The minimum absolute atomic E-state index is 0.183. The summed E-state index contributed by atoms with van der Waals surface area (Å²) in [5.41, 5.74) is 0.0168. The quantitative estimate of drug-likeness (QED) is 0.871. The molecule has 1 N–H and O–H groups in total. The van der Waals surface area contributed by atoms with Crippen molar-refractivity contribution < 1.29 is 19.1 Å². The molecule has 0 spiro atoms. The van der Waals surface area contributed by atoms with E-state index in [-0.39, 0.29) is 18.3 Å². The molecule has 1 unspecified atom stereocenters. The number of halogens is 1. The summed E-state index contributed by atoms with van der Waals surface area (Å²) in [7, 11) is 0. The van der Waals surface area contributed by atoms with Crippen molar-refractivity contribution in [3.05, 3.63) is 41.7 Å². The summed E-state index contributed by atoms with van der Waals surface area (Å²) in [6, 6.07) is 6.25. The monoisotopic (exact) mass is 291 g/mol. The van der Waals surface area contributed by atoms with E-state index < -0.39 is 11.4 Å². The normalized spacial score (nSPS) is 22.4. The fraction of sp³-hybridized carbons (Fsp3) is 0.375. The van der Waals surface area contributed by atoms with E-state index in [2.05, 4.69) is 0 Å². The molecule has 1 saturated heterocycles. The number of carbonyl (C=O) groups is 2. The average molecular weight is 291 g/mol. The lowest BCUT2D eigenvalue weighted by Crippen LogP contribution is -2.34. The van der Waals surface area contributed by atoms with Gasteiger partial charge in [0.25, 0.3) is 0 Å². The fourth-order valence-electron chi connectivity index (χ4n) is 2.46. The highest BCUT2D eigenvalue weighted by Gasteiger charge is 2.41. The van der Waals surface area contributed by atoms with Gasteiger partial charge in [0, 0.05) is 24.7 Å². The zero-order chi connectivity index (χ0) is 15.6. The molecule has 1 aromatic carbocycles. The highest BCUT2D eigenvalue weighted by atomic mass is 19.1. The van der Waals surface area contributed by atoms with Crippen molar-refractivity contribution in [3.63, 3.8) is 0 Å². The largest absolute Gasteiger partial charge is 0.481 e. The third kappa shape index (κ3) is 3.12. The highest BCUT2D eigenvalue weighted by Crippen LogP contribution is 2.30. The van der Waals surface area contributed by atoms with E-state index >= 15 is 0 Å². The number of benzene rings is 1. The Hall–Kier alpha value is -2.17. The van der Waals surface area contributed by atoms with E-state index in [0.717, 1.165) is 0 Å². The number of carbonyl (C=O) groups excluding carboxylic acids is 1. The second kappa shape index (κ2) is 5.68. The van der Waals surface area contributed by atoms with E-state index in [1.165, 1.54) is 17.0 Å². The Bertz CT molecular complexity index is 611. The summed E-state index contributed by atoms with van der Waals surface area (Å²) in [6.45, 7) is 3.89. The van der Waals surface area contributed by atoms with Gasteiger partial charge in [0.1, 0.15) is 5.82 Å². The zero-order valence-corrected chi connectivity index (χ0v) is 12.1. The SMILES string of the molecule is C/C(=C/C(=O)N1CCC(C)(C(=O)O)C1)c1ccccc1F. The van der Waals surface area contributed by atoms with Gasteiger partial charge in [-0.05, 0) is 31.9 Å². The van der Waals surface area contributed by atoms with Crippen LogP contribution in [0.3, 0.4) is 0 Å². The number of amides is 1. The molecule has 112 valence electrons. The van der Waals surface area contributed by atoms with Crippen molar-refractivity contribution in [3.8, 4) is 0 Å². The number of aliphatic carboxylic acids is 1. The second-order valence-corrected chi connectivity index (χ2v) is 5.68. The van der Waals surface area contributed by atoms with Gasteiger partial charge in [-0.3, -0.25) is 9.59 Å². The number of rotatable bonds is 3. The minimum atomic E-state index is -0.896. The number of likely N-dealkylation sites (tertiary alicyclic amines) is 1. The van der Waals surface area contributed by atoms with E-state index in [0.29, 0.717) is 24.1 Å². The number of hydrogen-bond acceptors (Lipinski definition) is 2. The van der Waals surface area contributed by atoms with Gasteiger partial charge in [-0.2, -0.15) is 0 Å². The van der Waals surface area contributed by atoms with Crippen LogP contribution in [0.5, 0.6) is 0 Å². The van der Waals surface area contributed by atoms with Crippen molar-refractivity contribution in [1.29, 1.82) is 0 Å². The van der Waals surface area contributed by atoms with Gasteiger partial charge in [-0.25, -0.2) is 4.39 Å². The number of hydrogen-bond donors (Lipinski definition) is 1. The Labute approximate surface area is 122 Å². The van der Waals surface area contributed by atoms with Crippen LogP contribution in [0.15, 0.2) is 30.3 Å². The van der Waals surface area contributed by atoms with Crippen molar-refractivity contribution in [2.24, 2.45) is 5.41 Å². The molecule has 4 nitrogen and oxygen atoms in total. The molecule has 21 heavy (non-hydrogen) atoms. The summed E-state index contributed by atoms with van der Waals surface area (Å²) in [5, 5.41) is 9.17. The van der Waals surface area contributed by atoms with E-state index in [9.17, 15) is 14.0 Å². The molecule has 1 atom stereocenters. The minimum Gasteiger partial charge on any atom is -0.481 e. The first-order valence-corrected chi connectivity index (χ1v) is 6.79. The molecular formula is C16H18FNO3. The Balaban J connectivity index is 2.14. The van der Waals surface area contributed by atoms with E-state index in [1.54, 1.807) is 32.0 Å². The third-order valence-corrected chi connectivity index (χ3v) is 3.94. The number of allylic oxidation sites excluding steroid dienone is 1. The van der Waals surface area contributed by atoms with Gasteiger partial charge < -0.3 is 10.0 Å². The van der Waals surface area contributed by atoms with Gasteiger partial charge in [0.05, 0.1) is 5.41 Å². The lowest BCUT2D eigenvalue weighted by Gasteiger charge is -2.19. The molecule has 0 aromatic heterocycles. The first-order chi connectivity index (χ1) is 9.83. The first kappa shape index (κ1) is 15.2. The molecule has 1 aliphatic rings. The van der Waals surface area contributed by atoms with Crippen LogP contribution in [0.2, 0.25) is 0 Å². The maximum atomic E-state index is 13.7. The molecule has 5 heteroatoms. The van der Waals surface area contributed by atoms with E-state index in [1.807, 2.05) is 0 Å². The van der Waals surface area contributed by atoms with Gasteiger partial charge in [0.2, 0.25) is 5.91 Å². The van der Waals surface area contributed by atoms with Crippen molar-refractivity contribution in [2.45, 2.75) is 20.3 Å². The predicted molar refractivity (Wildman–Crippen MR) is 77.0 cm³/mol. The number of nitrogens with zero attached hydrogens (tertiary/aromatic N) is 1. The predicted octanol–water partition coefficient (Wildman–Crippen LogP) is 2.55. The average Bonchev–Trinajstić information content (AvgIpc) is 2.83. The summed E-state index contributed by atoms with van der Waals surface area (Å²) < 4.78 is 13.7. The fourth-order valence-corrected chi connectivity index (χ4v) is 2.46. The summed E-state index contributed by atoms with van der Waals surface area (Å²) in [5.74, 6) is -1.55. The Morgan fingerprint density at radius 2 is 2.05 bits per heavy atom. The van der Waals surface area contributed by atoms with Crippen molar-refractivity contribution >= 4 is 17.4 Å². The molecule has 0 radical (unpaired) electrons. The van der Waals surface area contributed by atoms with Crippen LogP contribution >= 0.6 is 0 Å². The van der Waals surface area contributed by atoms with Gasteiger partial charge in [-0.15, -0.1) is 0 Å². The van der Waals surface area contributed by atoms with E-state index in [4.69, 9.17) is 5.11 Å². The smallest absolute Gasteiger partial charge is 0.311 e.